The van der Waals surface area contributed by atoms with Crippen molar-refractivity contribution in [2.75, 3.05) is 0 Å². The number of carbonyl (C=O) groups is 1. The quantitative estimate of drug-likeness (QED) is 0.0747. The molecule has 55 heavy (non-hydrogen) atoms. The number of carbonyl (C=O) groups excluding carboxylic acids is 1. The summed E-state index contributed by atoms with van der Waals surface area (Å²) in [5.41, 5.74) is 14.9. The van der Waals surface area contributed by atoms with Crippen LogP contribution >= 0.6 is 0 Å². The minimum atomic E-state index is -0.172. The molecule has 0 aliphatic heterocycles. The molecule has 10 aliphatic rings. The average molecular weight is 701 g/mol. The topological polar surface area (TPSA) is 26.3 Å². The van der Waals surface area contributed by atoms with Crippen molar-refractivity contribution in [1.82, 2.24) is 0 Å². The van der Waals surface area contributed by atoms with Crippen LogP contribution in [0.25, 0.3) is 87.9 Å². The lowest BCUT2D eigenvalue weighted by Crippen LogP contribution is -2.42. The molecule has 0 N–H and O–H groups in total. The maximum atomic E-state index is 12.8. The number of hydrogen-bond acceptors (Lipinski definition) is 2. The van der Waals surface area contributed by atoms with E-state index in [2.05, 4.69) is 85.5 Å². The summed E-state index contributed by atoms with van der Waals surface area (Å²) >= 11 is 0. The lowest BCUT2D eigenvalue weighted by atomic mass is 9.66. The third-order valence-electron chi connectivity index (χ3n) is 18.4. The first-order valence-corrected chi connectivity index (χ1v) is 21.0. The molecule has 11 atom stereocenters. The minimum Gasteiger partial charge on any atom is -0.435 e. The second-order valence-electron chi connectivity index (χ2n) is 19.3. The van der Waals surface area contributed by atoms with Crippen molar-refractivity contribution in [3.05, 3.63) is 129 Å². The van der Waals surface area contributed by atoms with Gasteiger partial charge in [0, 0.05) is 35.5 Å². The van der Waals surface area contributed by atoms with Crippen molar-refractivity contribution < 1.29 is 9.53 Å². The highest BCUT2D eigenvalue weighted by molar-refractivity contribution is 6.50. The lowest BCUT2D eigenvalue weighted by Gasteiger charge is -2.38. The molecule has 2 heteroatoms. The van der Waals surface area contributed by atoms with E-state index in [-0.39, 0.29) is 11.4 Å². The zero-order chi connectivity index (χ0) is 34.9. The molecular formula is C53H32O2. The summed E-state index contributed by atoms with van der Waals surface area (Å²) in [5.74, 6) is 5.12. The van der Waals surface area contributed by atoms with Crippen molar-refractivity contribution in [2.45, 2.75) is 48.3 Å². The van der Waals surface area contributed by atoms with Crippen LogP contribution in [0.1, 0.15) is 81.9 Å². The number of benzene rings is 4. The van der Waals surface area contributed by atoms with Crippen LogP contribution in [0.2, 0.25) is 0 Å². The van der Waals surface area contributed by atoms with Gasteiger partial charge in [0.25, 0.3) is 0 Å². The van der Waals surface area contributed by atoms with Crippen molar-refractivity contribution in [3.63, 3.8) is 0 Å². The molecule has 3 saturated carbocycles. The number of esters is 1. The van der Waals surface area contributed by atoms with Crippen molar-refractivity contribution >= 4 is 93.9 Å². The van der Waals surface area contributed by atoms with Gasteiger partial charge in [0.05, 0.1) is 6.26 Å². The Morgan fingerprint density at radius 1 is 0.618 bits per heavy atom. The zero-order valence-corrected chi connectivity index (χ0v) is 30.0. The van der Waals surface area contributed by atoms with Crippen molar-refractivity contribution in [3.8, 4) is 0 Å². The van der Waals surface area contributed by atoms with Crippen LogP contribution in [0.15, 0.2) is 79.6 Å². The van der Waals surface area contributed by atoms with Gasteiger partial charge in [-0.3, -0.25) is 4.79 Å². The molecule has 8 aromatic rings. The second kappa shape index (κ2) is 7.55. The maximum Gasteiger partial charge on any atom is 0.310 e. The van der Waals surface area contributed by atoms with E-state index in [1.807, 2.05) is 11.1 Å². The highest BCUT2D eigenvalue weighted by Gasteiger charge is 2.70. The van der Waals surface area contributed by atoms with E-state index in [0.717, 1.165) is 12.8 Å². The number of fused-ring (bicyclic) bond motifs is 8. The summed E-state index contributed by atoms with van der Waals surface area (Å²) in [6, 6.07) is 16.6. The van der Waals surface area contributed by atoms with Gasteiger partial charge in [-0.1, -0.05) is 85.5 Å². The average Bonchev–Trinajstić information content (AvgIpc) is 3.82. The summed E-state index contributed by atoms with van der Waals surface area (Å²) in [6.07, 6.45) is 19.5. The van der Waals surface area contributed by atoms with Gasteiger partial charge in [-0.25, -0.2) is 0 Å². The smallest absolute Gasteiger partial charge is 0.310 e. The molecule has 3 fully saturated rings. The molecular weight excluding hydrogens is 669 g/mol. The summed E-state index contributed by atoms with van der Waals surface area (Å²) in [5, 5.41) is 22.7. The molecule has 11 unspecified atom stereocenters. The molecule has 8 aromatic carbocycles. The molecule has 10 aliphatic carbocycles. The van der Waals surface area contributed by atoms with Gasteiger partial charge in [-0.05, 0) is 174 Å². The predicted octanol–water partition coefficient (Wildman–Crippen LogP) is 10.2. The Morgan fingerprint density at radius 2 is 1.22 bits per heavy atom. The summed E-state index contributed by atoms with van der Waals surface area (Å²) < 4.78 is 5.27. The third-order valence-corrected chi connectivity index (χ3v) is 18.4. The Hall–Kier alpha value is -5.47. The molecule has 0 radical (unpaired) electrons. The van der Waals surface area contributed by atoms with Crippen LogP contribution < -0.4 is 10.4 Å². The van der Waals surface area contributed by atoms with Crippen molar-refractivity contribution in [1.29, 1.82) is 0 Å². The van der Waals surface area contributed by atoms with E-state index >= 15 is 0 Å². The van der Waals surface area contributed by atoms with Crippen molar-refractivity contribution in [2.24, 2.45) is 35.5 Å². The lowest BCUT2D eigenvalue weighted by molar-refractivity contribution is -0.138. The zero-order valence-electron chi connectivity index (χ0n) is 30.0. The van der Waals surface area contributed by atoms with Gasteiger partial charge in [-0.2, -0.15) is 0 Å². The monoisotopic (exact) mass is 700 g/mol. The Labute approximate surface area is 315 Å². The molecule has 0 heterocycles. The molecule has 0 aromatic heterocycles. The fourth-order valence-electron chi connectivity index (χ4n) is 17.5. The molecule has 2 nitrogen and oxygen atoms in total. The van der Waals surface area contributed by atoms with Gasteiger partial charge in [0.15, 0.2) is 0 Å². The largest absolute Gasteiger partial charge is 0.435 e. The highest BCUT2D eigenvalue weighted by atomic mass is 16.5. The van der Waals surface area contributed by atoms with E-state index in [1.54, 1.807) is 92.1 Å². The molecule has 0 amide bonds. The number of allylic oxidation sites excluding steroid dienone is 4. The first-order valence-electron chi connectivity index (χ1n) is 21.0. The van der Waals surface area contributed by atoms with Gasteiger partial charge in [0.1, 0.15) is 0 Å². The van der Waals surface area contributed by atoms with Gasteiger partial charge < -0.3 is 4.74 Å². The van der Waals surface area contributed by atoms with Gasteiger partial charge in [-0.15, -0.1) is 0 Å². The highest BCUT2D eigenvalue weighted by Crippen LogP contribution is 2.81. The summed E-state index contributed by atoms with van der Waals surface area (Å²) in [6.45, 7) is 3.67. The van der Waals surface area contributed by atoms with Crippen LogP contribution in [0, 0.1) is 35.5 Å². The summed E-state index contributed by atoms with van der Waals surface area (Å²) in [4.78, 5) is 12.8. The third kappa shape index (κ3) is 2.16. The Bertz CT molecular complexity index is 3590. The predicted molar refractivity (Wildman–Crippen MR) is 220 cm³/mol. The molecule has 18 rings (SSSR count). The van der Waals surface area contributed by atoms with Crippen LogP contribution in [0.5, 0.6) is 0 Å². The van der Waals surface area contributed by atoms with Crippen LogP contribution in [0.3, 0.4) is 0 Å². The fourth-order valence-corrected chi connectivity index (χ4v) is 17.5. The number of ether oxygens (including phenoxy) is 1. The Balaban J connectivity index is 1.10. The van der Waals surface area contributed by atoms with Crippen LogP contribution in [-0.4, -0.2) is 5.97 Å². The molecule has 0 bridgehead atoms. The van der Waals surface area contributed by atoms with E-state index in [0.29, 0.717) is 65.6 Å². The molecule has 256 valence electrons. The number of hydrogen-bond donors (Lipinski definition) is 0. The normalized spacial score (nSPS) is 35.4. The van der Waals surface area contributed by atoms with Gasteiger partial charge in [0.2, 0.25) is 0 Å². The minimum absolute atomic E-state index is 0.0846. The standard InChI is InChI=1S/C53H32O2/c1-2-55-28(54)9-6-18-53(19-7-4-3-5-8-19)51-37-26-16-14-24-22-12-10-20-21-11-13-23-25-15-17-27-36-34(25)41-32(23)30(21)39-29(20)31(22)40-33(24)35(26)42-44(37)45(38(27)52(51)53)43(36)50-48(41)46(39)47(40)49(42)50/h2-5,7-8,10-17,20-22,24,29-31,33,51-52H,1,6,9,18H2. The van der Waals surface area contributed by atoms with Crippen LogP contribution in [0.4, 0.5) is 0 Å². The second-order valence-corrected chi connectivity index (χ2v) is 19.3. The first-order chi connectivity index (χ1) is 27.2. The van der Waals surface area contributed by atoms with E-state index in [1.165, 1.54) is 28.2 Å². The van der Waals surface area contributed by atoms with Gasteiger partial charge >= 0.3 is 5.97 Å². The SMILES string of the molecule is C=COC(=O)CCCC1(c2ccccc2)C2c3c4c5c6c3c3c(c7ccc8c9c%10c%11c%12c%13c(c6c%12c3c7c8%11)=C3C5C(C=C4)C4C=CC5C(C=C9)C%10C=%13C5C34)C21. The first kappa shape index (κ1) is 26.4. The Kier molecular flexibility index (Phi) is 3.62. The number of rotatable bonds is 6. The summed E-state index contributed by atoms with van der Waals surface area (Å²) in [7, 11) is 0. The van der Waals surface area contributed by atoms with E-state index in [4.69, 9.17) is 4.74 Å². The van der Waals surface area contributed by atoms with Crippen LogP contribution in [-0.2, 0) is 14.9 Å². The van der Waals surface area contributed by atoms with E-state index in [9.17, 15) is 4.79 Å². The molecule has 0 saturated heterocycles. The Morgan fingerprint density at radius 3 is 1.96 bits per heavy atom. The fraction of sp³-hybridized carbons (Fsp3) is 0.264. The maximum absolute atomic E-state index is 12.8. The molecule has 0 spiro atoms. The van der Waals surface area contributed by atoms with E-state index < -0.39 is 0 Å².